The third-order valence-electron chi connectivity index (χ3n) is 5.95. The van der Waals surface area contributed by atoms with Crippen molar-refractivity contribution in [2.45, 2.75) is 32.5 Å². The predicted molar refractivity (Wildman–Crippen MR) is 119 cm³/mol. The first kappa shape index (κ1) is 20.9. The molecule has 1 heterocycles. The molecule has 3 aromatic carbocycles. The summed E-state index contributed by atoms with van der Waals surface area (Å²) in [5.74, 6) is -0.112. The van der Waals surface area contributed by atoms with Crippen molar-refractivity contribution in [3.63, 3.8) is 0 Å². The average molecular weight is 418 g/mol. The number of ether oxygens (including phenoxy) is 2. The van der Waals surface area contributed by atoms with Crippen molar-refractivity contribution in [2.75, 3.05) is 6.79 Å². The molecule has 0 saturated heterocycles. The van der Waals surface area contributed by atoms with Crippen molar-refractivity contribution in [1.29, 1.82) is 0 Å². The number of benzene rings is 3. The van der Waals surface area contributed by atoms with Gasteiger partial charge in [0.05, 0.1) is 5.92 Å². The summed E-state index contributed by atoms with van der Waals surface area (Å²) in [4.78, 5) is 14.4. The number of carbonyl (C=O) groups is 1. The van der Waals surface area contributed by atoms with E-state index < -0.39 is 11.9 Å². The van der Waals surface area contributed by atoms with Gasteiger partial charge in [0.1, 0.15) is 0 Å². The minimum absolute atomic E-state index is 0.00127. The Balaban J connectivity index is 1.79. The van der Waals surface area contributed by atoms with E-state index in [9.17, 15) is 9.90 Å². The van der Waals surface area contributed by atoms with E-state index >= 15 is 0 Å². The molecule has 0 bridgehead atoms. The highest BCUT2D eigenvalue weighted by molar-refractivity contribution is 5.71. The van der Waals surface area contributed by atoms with Gasteiger partial charge in [0, 0.05) is 18.6 Å². The summed E-state index contributed by atoms with van der Waals surface area (Å²) >= 11 is 0. The second-order valence-corrected chi connectivity index (χ2v) is 7.93. The van der Waals surface area contributed by atoms with Crippen LogP contribution in [0.4, 0.5) is 0 Å². The molecule has 3 atom stereocenters. The van der Waals surface area contributed by atoms with E-state index in [-0.39, 0.29) is 18.9 Å². The van der Waals surface area contributed by atoms with Crippen molar-refractivity contribution < 1.29 is 19.4 Å². The van der Waals surface area contributed by atoms with Crippen molar-refractivity contribution in [3.05, 3.63) is 95.6 Å². The summed E-state index contributed by atoms with van der Waals surface area (Å²) in [6.07, 6.45) is 0. The molecule has 0 fully saturated rings. The van der Waals surface area contributed by atoms with Crippen LogP contribution in [-0.2, 0) is 11.3 Å². The van der Waals surface area contributed by atoms with E-state index in [0.29, 0.717) is 18.0 Å². The number of fused-ring (bicyclic) bond motifs is 1. The monoisotopic (exact) mass is 417 g/mol. The quantitative estimate of drug-likeness (QED) is 0.529. The van der Waals surface area contributed by atoms with Crippen LogP contribution in [0, 0.1) is 5.92 Å². The molecule has 1 unspecified atom stereocenters. The van der Waals surface area contributed by atoms with Gasteiger partial charge in [0.25, 0.3) is 0 Å². The summed E-state index contributed by atoms with van der Waals surface area (Å²) < 4.78 is 11.0. The van der Waals surface area contributed by atoms with Gasteiger partial charge in [0.15, 0.2) is 11.5 Å². The van der Waals surface area contributed by atoms with Gasteiger partial charge in [-0.15, -0.1) is 0 Å². The zero-order chi connectivity index (χ0) is 21.8. The second kappa shape index (κ2) is 9.23. The van der Waals surface area contributed by atoms with E-state index in [1.54, 1.807) is 6.92 Å². The van der Waals surface area contributed by atoms with Crippen LogP contribution in [0.3, 0.4) is 0 Å². The fourth-order valence-electron chi connectivity index (χ4n) is 4.19. The van der Waals surface area contributed by atoms with E-state index in [2.05, 4.69) is 36.1 Å². The van der Waals surface area contributed by atoms with Gasteiger partial charge >= 0.3 is 5.97 Å². The second-order valence-electron chi connectivity index (χ2n) is 7.93. The molecule has 1 N–H and O–H groups in total. The topological polar surface area (TPSA) is 59.0 Å². The number of aliphatic carboxylic acids is 1. The van der Waals surface area contributed by atoms with E-state index in [1.807, 2.05) is 54.6 Å². The zero-order valence-corrected chi connectivity index (χ0v) is 17.8. The van der Waals surface area contributed by atoms with Crippen molar-refractivity contribution in [2.24, 2.45) is 5.92 Å². The predicted octanol–water partition coefficient (Wildman–Crippen LogP) is 5.44. The largest absolute Gasteiger partial charge is 0.481 e. The Morgan fingerprint density at radius 3 is 2.23 bits per heavy atom. The van der Waals surface area contributed by atoms with Gasteiger partial charge in [-0.25, -0.2) is 0 Å². The average Bonchev–Trinajstić information content (AvgIpc) is 3.27. The molecule has 0 spiro atoms. The molecule has 0 aromatic heterocycles. The fraction of sp³-hybridized carbons (Fsp3) is 0.269. The first-order valence-electron chi connectivity index (χ1n) is 10.5. The van der Waals surface area contributed by atoms with Crippen LogP contribution >= 0.6 is 0 Å². The summed E-state index contributed by atoms with van der Waals surface area (Å²) in [6.45, 7) is 4.71. The molecule has 4 rings (SSSR count). The molecule has 1 aliphatic rings. The maximum absolute atomic E-state index is 12.2. The molecule has 1 aliphatic heterocycles. The number of nitrogens with zero attached hydrogens (tertiary/aromatic N) is 1. The minimum Gasteiger partial charge on any atom is -0.481 e. The molecule has 0 radical (unpaired) electrons. The summed E-state index contributed by atoms with van der Waals surface area (Å²) in [5, 5.41) is 9.99. The molecule has 160 valence electrons. The standard InChI is InChI=1S/C26H27NO4/c1-18(26(28)29)25(22-13-14-23-24(15-22)31-17-30-23)27(16-20-9-5-3-6-10-20)19(2)21-11-7-4-8-12-21/h3-15,18-19,25H,16-17H2,1-2H3,(H,28,29)/t18?,19-,25+/m1/s1. The lowest BCUT2D eigenvalue weighted by molar-refractivity contribution is -0.144. The molecule has 0 amide bonds. The molecular formula is C26H27NO4. The molecule has 0 saturated carbocycles. The third-order valence-corrected chi connectivity index (χ3v) is 5.95. The van der Waals surface area contributed by atoms with E-state index in [1.165, 1.54) is 0 Å². The smallest absolute Gasteiger partial charge is 0.308 e. The highest BCUT2D eigenvalue weighted by Crippen LogP contribution is 2.41. The van der Waals surface area contributed by atoms with E-state index in [4.69, 9.17) is 9.47 Å². The van der Waals surface area contributed by atoms with Gasteiger partial charge in [0.2, 0.25) is 6.79 Å². The van der Waals surface area contributed by atoms with Crippen LogP contribution in [0.5, 0.6) is 11.5 Å². The summed E-state index contributed by atoms with van der Waals surface area (Å²) in [5.41, 5.74) is 3.17. The Kier molecular flexibility index (Phi) is 6.23. The first-order chi connectivity index (χ1) is 15.0. The molecular weight excluding hydrogens is 390 g/mol. The highest BCUT2D eigenvalue weighted by Gasteiger charge is 2.35. The number of hydrogen-bond donors (Lipinski definition) is 1. The van der Waals surface area contributed by atoms with E-state index in [0.717, 1.165) is 16.7 Å². The number of carboxylic acids is 1. The SMILES string of the molecule is CC(C(=O)O)[C@@H](c1ccc2c(c1)OCO2)N(Cc1ccccc1)[C@H](C)c1ccccc1. The molecule has 3 aromatic rings. The Hall–Kier alpha value is -3.31. The van der Waals surface area contributed by atoms with Gasteiger partial charge < -0.3 is 14.6 Å². The maximum atomic E-state index is 12.2. The lowest BCUT2D eigenvalue weighted by atomic mass is 9.90. The summed E-state index contributed by atoms with van der Waals surface area (Å²) in [7, 11) is 0. The zero-order valence-electron chi connectivity index (χ0n) is 17.8. The van der Waals surface area contributed by atoms with Crippen molar-refractivity contribution >= 4 is 5.97 Å². The molecule has 5 nitrogen and oxygen atoms in total. The lowest BCUT2D eigenvalue weighted by Gasteiger charge is -2.39. The summed E-state index contributed by atoms with van der Waals surface area (Å²) in [6, 6.07) is 25.7. The highest BCUT2D eigenvalue weighted by atomic mass is 16.7. The Morgan fingerprint density at radius 2 is 1.55 bits per heavy atom. The fourth-order valence-corrected chi connectivity index (χ4v) is 4.19. The molecule has 31 heavy (non-hydrogen) atoms. The molecule has 0 aliphatic carbocycles. The Morgan fingerprint density at radius 1 is 0.903 bits per heavy atom. The van der Waals surface area contributed by atoms with Crippen LogP contribution in [0.25, 0.3) is 0 Å². The van der Waals surface area contributed by atoms with Crippen LogP contribution in [0.2, 0.25) is 0 Å². The van der Waals surface area contributed by atoms with Crippen LogP contribution in [0.1, 0.15) is 42.6 Å². The van der Waals surface area contributed by atoms with Crippen molar-refractivity contribution in [1.82, 2.24) is 4.90 Å². The van der Waals surface area contributed by atoms with Crippen LogP contribution in [-0.4, -0.2) is 22.8 Å². The molecule has 5 heteroatoms. The van der Waals surface area contributed by atoms with Crippen LogP contribution in [0.15, 0.2) is 78.9 Å². The number of rotatable bonds is 8. The van der Waals surface area contributed by atoms with Gasteiger partial charge in [-0.1, -0.05) is 73.7 Å². The number of hydrogen-bond acceptors (Lipinski definition) is 4. The maximum Gasteiger partial charge on any atom is 0.308 e. The van der Waals surface area contributed by atoms with Gasteiger partial charge in [-0.3, -0.25) is 9.69 Å². The van der Waals surface area contributed by atoms with Crippen LogP contribution < -0.4 is 9.47 Å². The minimum atomic E-state index is -0.832. The van der Waals surface area contributed by atoms with Gasteiger partial charge in [-0.2, -0.15) is 0 Å². The first-order valence-corrected chi connectivity index (χ1v) is 10.5. The number of carboxylic acid groups (broad SMARTS) is 1. The Labute approximate surface area is 182 Å². The third kappa shape index (κ3) is 4.57. The normalized spacial score (nSPS) is 15.5. The lowest BCUT2D eigenvalue weighted by Crippen LogP contribution is -2.37. The van der Waals surface area contributed by atoms with Crippen molar-refractivity contribution in [3.8, 4) is 11.5 Å². The Bertz CT molecular complexity index is 1020. The van der Waals surface area contributed by atoms with Gasteiger partial charge in [-0.05, 0) is 35.7 Å².